The first-order chi connectivity index (χ1) is 5.38. The van der Waals surface area contributed by atoms with Crippen molar-refractivity contribution >= 4 is 11.8 Å². The summed E-state index contributed by atoms with van der Waals surface area (Å²) < 4.78 is 0. The van der Waals surface area contributed by atoms with E-state index in [-0.39, 0.29) is 0 Å². The van der Waals surface area contributed by atoms with E-state index in [1.54, 1.807) is 0 Å². The van der Waals surface area contributed by atoms with E-state index >= 15 is 0 Å². The zero-order chi connectivity index (χ0) is 7.68. The molecule has 0 N–H and O–H groups in total. The molecule has 0 amide bonds. The first-order valence-corrected chi connectivity index (χ1v) is 6.04. The largest absolute Gasteiger partial charge is 0.158 e. The van der Waals surface area contributed by atoms with Crippen LogP contribution in [0.15, 0.2) is 0 Å². The lowest BCUT2D eigenvalue weighted by Crippen LogP contribution is -2.31. The maximum Gasteiger partial charge on any atom is 0.00778 e. The highest BCUT2D eigenvalue weighted by Gasteiger charge is 2.32. The molecule has 0 aromatic carbocycles. The van der Waals surface area contributed by atoms with Gasteiger partial charge in [0, 0.05) is 5.25 Å². The highest BCUT2D eigenvalue weighted by atomic mass is 32.2. The van der Waals surface area contributed by atoms with Gasteiger partial charge < -0.3 is 0 Å². The second-order valence-electron chi connectivity index (χ2n) is 4.12. The lowest BCUT2D eigenvalue weighted by atomic mass is 9.79. The van der Waals surface area contributed by atoms with E-state index in [1.807, 2.05) is 0 Å². The minimum Gasteiger partial charge on any atom is -0.158 e. The Labute approximate surface area is 74.1 Å². The van der Waals surface area contributed by atoms with Crippen LogP contribution in [0.25, 0.3) is 0 Å². The Balaban J connectivity index is 1.99. The predicted octanol–water partition coefficient (Wildman–Crippen LogP) is 3.32. The summed E-state index contributed by atoms with van der Waals surface area (Å²) in [5, 5.41) is 1.05. The van der Waals surface area contributed by atoms with Crippen molar-refractivity contribution in [1.29, 1.82) is 0 Å². The monoisotopic (exact) mass is 170 g/mol. The number of hydrogen-bond donors (Lipinski definition) is 0. The summed E-state index contributed by atoms with van der Waals surface area (Å²) in [5.74, 6) is 3.55. The lowest BCUT2D eigenvalue weighted by Gasteiger charge is -2.39. The smallest absolute Gasteiger partial charge is 0.00778 e. The third-order valence-corrected chi connectivity index (χ3v) is 4.87. The maximum absolute atomic E-state index is 2.46. The molecule has 2 rings (SSSR count). The van der Waals surface area contributed by atoms with Gasteiger partial charge in [-0.15, -0.1) is 0 Å². The molecule has 0 unspecified atom stereocenters. The standard InChI is InChI=1S/C10H18S/c1-8-6-7-11-10-5-3-2-4-9(8)10/h8-10H,2-7H2,1H3/t8-,9+,10-/m0/s1. The van der Waals surface area contributed by atoms with Gasteiger partial charge in [-0.25, -0.2) is 0 Å². The second-order valence-corrected chi connectivity index (χ2v) is 5.47. The minimum atomic E-state index is 1.03. The molecular formula is C10H18S. The lowest BCUT2D eigenvalue weighted by molar-refractivity contribution is 0.259. The fraction of sp³-hybridized carbons (Fsp3) is 1.00. The molecule has 0 aromatic heterocycles. The van der Waals surface area contributed by atoms with E-state index in [9.17, 15) is 0 Å². The molecule has 0 radical (unpaired) electrons. The Kier molecular flexibility index (Phi) is 2.45. The quantitative estimate of drug-likeness (QED) is 0.537. The predicted molar refractivity (Wildman–Crippen MR) is 52.0 cm³/mol. The average molecular weight is 170 g/mol. The van der Waals surface area contributed by atoms with Crippen LogP contribution in [-0.4, -0.2) is 11.0 Å². The molecule has 1 saturated heterocycles. The second kappa shape index (κ2) is 3.38. The fourth-order valence-corrected chi connectivity index (χ4v) is 4.40. The molecular weight excluding hydrogens is 152 g/mol. The van der Waals surface area contributed by atoms with Crippen LogP contribution in [0.4, 0.5) is 0 Å². The Morgan fingerprint density at radius 3 is 2.73 bits per heavy atom. The highest BCUT2D eigenvalue weighted by molar-refractivity contribution is 7.99. The molecule has 64 valence electrons. The molecule has 1 heterocycles. The molecule has 11 heavy (non-hydrogen) atoms. The molecule has 0 spiro atoms. The van der Waals surface area contributed by atoms with Gasteiger partial charge in [-0.2, -0.15) is 11.8 Å². The highest BCUT2D eigenvalue weighted by Crippen LogP contribution is 2.43. The van der Waals surface area contributed by atoms with Crippen molar-refractivity contribution in [2.45, 2.75) is 44.3 Å². The van der Waals surface area contributed by atoms with Crippen LogP contribution in [0.5, 0.6) is 0 Å². The summed E-state index contributed by atoms with van der Waals surface area (Å²) in [6.07, 6.45) is 7.53. The normalized spacial score (nSPS) is 45.0. The molecule has 2 fully saturated rings. The van der Waals surface area contributed by atoms with Gasteiger partial charge in [0.25, 0.3) is 0 Å². The van der Waals surface area contributed by atoms with E-state index < -0.39 is 0 Å². The number of thioether (sulfide) groups is 1. The van der Waals surface area contributed by atoms with Gasteiger partial charge in [0.2, 0.25) is 0 Å². The zero-order valence-corrected chi connectivity index (χ0v) is 8.20. The van der Waals surface area contributed by atoms with Gasteiger partial charge in [-0.1, -0.05) is 19.8 Å². The van der Waals surface area contributed by atoms with E-state index in [0.717, 1.165) is 17.1 Å². The number of hydrogen-bond acceptors (Lipinski definition) is 1. The van der Waals surface area contributed by atoms with Crippen LogP contribution in [0, 0.1) is 11.8 Å². The Hall–Kier alpha value is 0.350. The molecule has 1 aliphatic carbocycles. The van der Waals surface area contributed by atoms with Crippen molar-refractivity contribution in [2.75, 3.05) is 5.75 Å². The van der Waals surface area contributed by atoms with Crippen LogP contribution in [0.2, 0.25) is 0 Å². The van der Waals surface area contributed by atoms with Crippen LogP contribution >= 0.6 is 11.8 Å². The zero-order valence-electron chi connectivity index (χ0n) is 7.38. The molecule has 1 aliphatic heterocycles. The van der Waals surface area contributed by atoms with Crippen LogP contribution < -0.4 is 0 Å². The van der Waals surface area contributed by atoms with Gasteiger partial charge in [0.05, 0.1) is 0 Å². The fourth-order valence-electron chi connectivity index (χ4n) is 2.60. The van der Waals surface area contributed by atoms with Crippen molar-refractivity contribution < 1.29 is 0 Å². The Morgan fingerprint density at radius 1 is 1.09 bits per heavy atom. The van der Waals surface area contributed by atoms with Crippen LogP contribution in [-0.2, 0) is 0 Å². The molecule has 0 aromatic rings. The maximum atomic E-state index is 2.46. The van der Waals surface area contributed by atoms with E-state index in [1.165, 1.54) is 37.9 Å². The molecule has 2 aliphatic rings. The van der Waals surface area contributed by atoms with Crippen molar-refractivity contribution in [3.8, 4) is 0 Å². The molecule has 1 saturated carbocycles. The third kappa shape index (κ3) is 1.58. The van der Waals surface area contributed by atoms with Crippen molar-refractivity contribution in [3.05, 3.63) is 0 Å². The van der Waals surface area contributed by atoms with Crippen molar-refractivity contribution in [3.63, 3.8) is 0 Å². The number of rotatable bonds is 0. The van der Waals surface area contributed by atoms with Crippen LogP contribution in [0.3, 0.4) is 0 Å². The van der Waals surface area contributed by atoms with E-state index in [4.69, 9.17) is 0 Å². The summed E-state index contributed by atoms with van der Waals surface area (Å²) in [7, 11) is 0. The minimum absolute atomic E-state index is 1.03. The molecule has 0 nitrogen and oxygen atoms in total. The SMILES string of the molecule is C[C@H]1CCS[C@H]2CCCC[C@@H]21. The van der Waals surface area contributed by atoms with Gasteiger partial charge in [0.15, 0.2) is 0 Å². The van der Waals surface area contributed by atoms with Crippen molar-refractivity contribution in [1.82, 2.24) is 0 Å². The summed E-state index contributed by atoms with van der Waals surface area (Å²) in [6, 6.07) is 0. The van der Waals surface area contributed by atoms with E-state index in [0.29, 0.717) is 0 Å². The van der Waals surface area contributed by atoms with Gasteiger partial charge in [-0.3, -0.25) is 0 Å². The summed E-state index contributed by atoms with van der Waals surface area (Å²) in [5.41, 5.74) is 0. The average Bonchev–Trinajstić information content (AvgIpc) is 2.06. The first kappa shape index (κ1) is 7.97. The van der Waals surface area contributed by atoms with Gasteiger partial charge in [-0.05, 0) is 36.9 Å². The summed E-state index contributed by atoms with van der Waals surface area (Å²) in [4.78, 5) is 0. The summed E-state index contributed by atoms with van der Waals surface area (Å²) >= 11 is 2.25. The Bertz CT molecular complexity index is 131. The molecule has 3 atom stereocenters. The first-order valence-electron chi connectivity index (χ1n) is 4.99. The topological polar surface area (TPSA) is 0 Å². The molecule has 1 heteroatoms. The van der Waals surface area contributed by atoms with E-state index in [2.05, 4.69) is 18.7 Å². The third-order valence-electron chi connectivity index (χ3n) is 3.39. The molecule has 0 bridgehead atoms. The van der Waals surface area contributed by atoms with Gasteiger partial charge >= 0.3 is 0 Å². The van der Waals surface area contributed by atoms with Crippen LogP contribution in [0.1, 0.15) is 39.0 Å². The Morgan fingerprint density at radius 2 is 1.91 bits per heavy atom. The van der Waals surface area contributed by atoms with Gasteiger partial charge in [0.1, 0.15) is 0 Å². The number of fused-ring (bicyclic) bond motifs is 1. The van der Waals surface area contributed by atoms with Crippen molar-refractivity contribution in [2.24, 2.45) is 11.8 Å². The summed E-state index contributed by atoms with van der Waals surface area (Å²) in [6.45, 7) is 2.46.